The Morgan fingerprint density at radius 3 is 1.28 bits per heavy atom. The molecule has 3 N–H and O–H groups in total. The minimum absolute atomic E-state index is 0.190. The molecule has 0 aliphatic heterocycles. The van der Waals surface area contributed by atoms with Crippen LogP contribution >= 0.6 is 15.9 Å². The maximum absolute atomic E-state index is 5.36. The van der Waals surface area contributed by atoms with Crippen LogP contribution in [0.5, 0.6) is 0 Å². The number of rotatable bonds is 4. The van der Waals surface area contributed by atoms with Gasteiger partial charge < -0.3 is 11.1 Å². The molecular formula is C44H47BrN2. The van der Waals surface area contributed by atoms with Crippen LogP contribution in [0.3, 0.4) is 0 Å². The average molecular weight is 684 g/mol. The predicted molar refractivity (Wildman–Crippen MR) is 209 cm³/mol. The Bertz CT molecular complexity index is 1800. The first kappa shape index (κ1) is 35.3. The minimum atomic E-state index is 0.190. The SMILES string of the molecule is CC(C)(C)c1ccc(-c2cccc(Br)c2)cc1.CC(C)(C)c1ccc(-c2cccc(Nc3ccccc3)c2)cc1.Nc1ccccc1. The lowest BCUT2D eigenvalue weighted by molar-refractivity contribution is 0.590. The fourth-order valence-corrected chi connectivity index (χ4v) is 5.31. The summed E-state index contributed by atoms with van der Waals surface area (Å²) in [5.41, 5.74) is 16.5. The van der Waals surface area contributed by atoms with Crippen molar-refractivity contribution < 1.29 is 0 Å². The van der Waals surface area contributed by atoms with Crippen LogP contribution in [0.1, 0.15) is 52.7 Å². The van der Waals surface area contributed by atoms with Gasteiger partial charge in [-0.2, -0.15) is 0 Å². The monoisotopic (exact) mass is 682 g/mol. The van der Waals surface area contributed by atoms with E-state index in [2.05, 4.69) is 166 Å². The number of halogens is 1. The molecule has 2 nitrogen and oxygen atoms in total. The van der Waals surface area contributed by atoms with E-state index in [0.717, 1.165) is 21.5 Å². The van der Waals surface area contributed by atoms with E-state index in [1.807, 2.05) is 54.6 Å². The number of para-hydroxylation sites is 2. The third kappa shape index (κ3) is 11.3. The van der Waals surface area contributed by atoms with E-state index in [0.29, 0.717) is 0 Å². The van der Waals surface area contributed by atoms with E-state index in [9.17, 15) is 0 Å². The summed E-state index contributed by atoms with van der Waals surface area (Å²) in [6.07, 6.45) is 0. The van der Waals surface area contributed by atoms with Gasteiger partial charge in [0.05, 0.1) is 0 Å². The molecule has 0 bridgehead atoms. The Hall–Kier alpha value is -4.60. The smallest absolute Gasteiger partial charge is 0.0390 e. The number of hydrogen-bond donors (Lipinski definition) is 2. The molecular weight excluding hydrogens is 636 g/mol. The molecule has 6 rings (SSSR count). The highest BCUT2D eigenvalue weighted by molar-refractivity contribution is 9.10. The second kappa shape index (κ2) is 16.3. The van der Waals surface area contributed by atoms with Crippen LogP contribution in [0.15, 0.2) is 162 Å². The van der Waals surface area contributed by atoms with Crippen molar-refractivity contribution in [3.05, 3.63) is 173 Å². The summed E-state index contributed by atoms with van der Waals surface area (Å²) in [6.45, 7) is 13.4. The quantitative estimate of drug-likeness (QED) is 0.182. The summed E-state index contributed by atoms with van der Waals surface area (Å²) < 4.78 is 1.12. The van der Waals surface area contributed by atoms with E-state index >= 15 is 0 Å². The molecule has 0 spiro atoms. The highest BCUT2D eigenvalue weighted by Crippen LogP contribution is 2.29. The fourth-order valence-electron chi connectivity index (χ4n) is 4.91. The van der Waals surface area contributed by atoms with Gasteiger partial charge in [-0.3, -0.25) is 0 Å². The number of benzene rings is 6. The fraction of sp³-hybridized carbons (Fsp3) is 0.182. The van der Waals surface area contributed by atoms with E-state index in [4.69, 9.17) is 5.73 Å². The lowest BCUT2D eigenvalue weighted by Gasteiger charge is -2.19. The molecule has 0 atom stereocenters. The molecule has 3 heteroatoms. The molecule has 0 amide bonds. The van der Waals surface area contributed by atoms with Gasteiger partial charge in [0.2, 0.25) is 0 Å². The zero-order valence-corrected chi connectivity index (χ0v) is 30.1. The Balaban J connectivity index is 0.000000182. The molecule has 6 aromatic carbocycles. The molecule has 0 aliphatic carbocycles. The van der Waals surface area contributed by atoms with Crippen LogP contribution in [0.2, 0.25) is 0 Å². The van der Waals surface area contributed by atoms with Gasteiger partial charge in [0.25, 0.3) is 0 Å². The Labute approximate surface area is 290 Å². The van der Waals surface area contributed by atoms with Crippen LogP contribution in [-0.2, 0) is 10.8 Å². The van der Waals surface area contributed by atoms with Crippen molar-refractivity contribution in [2.45, 2.75) is 52.4 Å². The number of nitrogens with one attached hydrogen (secondary N) is 1. The summed E-state index contributed by atoms with van der Waals surface area (Å²) in [6, 6.07) is 54.4. The molecule has 0 saturated heterocycles. The molecule has 0 aliphatic rings. The van der Waals surface area contributed by atoms with E-state index in [1.165, 1.54) is 33.4 Å². The van der Waals surface area contributed by atoms with Gasteiger partial charge >= 0.3 is 0 Å². The Morgan fingerprint density at radius 2 is 0.851 bits per heavy atom. The summed E-state index contributed by atoms with van der Waals surface area (Å²) in [5, 5.41) is 3.45. The van der Waals surface area contributed by atoms with Gasteiger partial charge in [-0.05, 0) is 92.7 Å². The topological polar surface area (TPSA) is 38.0 Å². The Morgan fingerprint density at radius 1 is 0.426 bits per heavy atom. The molecule has 6 aromatic rings. The first-order chi connectivity index (χ1) is 22.4. The zero-order valence-electron chi connectivity index (χ0n) is 28.5. The minimum Gasteiger partial charge on any atom is -0.399 e. The molecule has 0 fully saturated rings. The van der Waals surface area contributed by atoms with E-state index in [1.54, 1.807) is 0 Å². The van der Waals surface area contributed by atoms with Crippen LogP contribution in [0.4, 0.5) is 17.1 Å². The van der Waals surface area contributed by atoms with Crippen molar-refractivity contribution in [3.63, 3.8) is 0 Å². The second-order valence-corrected chi connectivity index (χ2v) is 14.6. The number of nitrogens with two attached hydrogens (primary N) is 1. The number of hydrogen-bond acceptors (Lipinski definition) is 2. The lowest BCUT2D eigenvalue weighted by Crippen LogP contribution is -2.10. The van der Waals surface area contributed by atoms with Gasteiger partial charge in [0, 0.05) is 21.5 Å². The number of anilines is 3. The largest absolute Gasteiger partial charge is 0.399 e. The highest BCUT2D eigenvalue weighted by atomic mass is 79.9. The first-order valence-corrected chi connectivity index (χ1v) is 16.9. The lowest BCUT2D eigenvalue weighted by atomic mass is 9.86. The average Bonchev–Trinajstić information content (AvgIpc) is 3.06. The van der Waals surface area contributed by atoms with Gasteiger partial charge in [0.1, 0.15) is 0 Å². The molecule has 0 radical (unpaired) electrons. The van der Waals surface area contributed by atoms with Gasteiger partial charge in [-0.1, -0.05) is 167 Å². The molecule has 240 valence electrons. The third-order valence-corrected chi connectivity index (χ3v) is 8.21. The predicted octanol–water partition coefficient (Wildman–Crippen LogP) is 13.1. The van der Waals surface area contributed by atoms with Crippen molar-refractivity contribution in [1.82, 2.24) is 0 Å². The zero-order chi connectivity index (χ0) is 33.9. The van der Waals surface area contributed by atoms with Gasteiger partial charge in [0.15, 0.2) is 0 Å². The number of nitrogen functional groups attached to an aromatic ring is 1. The highest BCUT2D eigenvalue weighted by Gasteiger charge is 2.14. The molecule has 0 aromatic heterocycles. The third-order valence-electron chi connectivity index (χ3n) is 7.72. The van der Waals surface area contributed by atoms with Crippen LogP contribution in [0, 0.1) is 0 Å². The van der Waals surface area contributed by atoms with Gasteiger partial charge in [-0.15, -0.1) is 0 Å². The second-order valence-electron chi connectivity index (χ2n) is 13.6. The molecule has 0 saturated carbocycles. The maximum atomic E-state index is 5.36. The summed E-state index contributed by atoms with van der Waals surface area (Å²) in [4.78, 5) is 0. The first-order valence-electron chi connectivity index (χ1n) is 16.1. The normalized spacial score (nSPS) is 11.0. The summed E-state index contributed by atoms with van der Waals surface area (Å²) >= 11 is 3.51. The Kier molecular flexibility index (Phi) is 12.2. The standard InChI is InChI=1S/C22H23N.C16H17Br.C6H7N/c1-22(2,3)19-14-12-17(13-15-19)18-8-7-11-21(16-18)23-20-9-5-4-6-10-20;1-16(2,3)14-9-7-12(8-10-14)13-5-4-6-15(17)11-13;7-6-4-2-1-3-5-6/h4-16,23H,1-3H3;4-11H,1-3H3;1-5H,7H2. The van der Waals surface area contributed by atoms with Crippen LogP contribution in [0.25, 0.3) is 22.3 Å². The van der Waals surface area contributed by atoms with Crippen LogP contribution in [-0.4, -0.2) is 0 Å². The van der Waals surface area contributed by atoms with E-state index < -0.39 is 0 Å². The summed E-state index contributed by atoms with van der Waals surface area (Å²) in [7, 11) is 0. The van der Waals surface area contributed by atoms with Crippen molar-refractivity contribution >= 4 is 33.0 Å². The van der Waals surface area contributed by atoms with Crippen molar-refractivity contribution in [3.8, 4) is 22.3 Å². The molecule has 0 unspecified atom stereocenters. The maximum Gasteiger partial charge on any atom is 0.0390 e. The van der Waals surface area contributed by atoms with Gasteiger partial charge in [-0.25, -0.2) is 0 Å². The molecule has 47 heavy (non-hydrogen) atoms. The molecule has 0 heterocycles. The van der Waals surface area contributed by atoms with Crippen molar-refractivity contribution in [2.75, 3.05) is 11.1 Å². The van der Waals surface area contributed by atoms with Crippen LogP contribution < -0.4 is 11.1 Å². The van der Waals surface area contributed by atoms with E-state index in [-0.39, 0.29) is 10.8 Å². The van der Waals surface area contributed by atoms with Crippen molar-refractivity contribution in [1.29, 1.82) is 0 Å². The summed E-state index contributed by atoms with van der Waals surface area (Å²) in [5.74, 6) is 0. The van der Waals surface area contributed by atoms with Crippen molar-refractivity contribution in [2.24, 2.45) is 0 Å².